The van der Waals surface area contributed by atoms with Crippen molar-refractivity contribution in [1.29, 1.82) is 0 Å². The number of oxazole rings is 1. The average Bonchev–Trinajstić information content (AvgIpc) is 3.35. The van der Waals surface area contributed by atoms with Crippen LogP contribution in [0.3, 0.4) is 0 Å². The molecule has 1 aromatic heterocycles. The molecule has 0 unspecified atom stereocenters. The molecule has 1 atom stereocenters. The molecule has 5 rings (SSSR count). The number of hydrogen-bond donors (Lipinski definition) is 1. The van der Waals surface area contributed by atoms with Crippen molar-refractivity contribution in [3.63, 3.8) is 0 Å². The average molecular weight is 453 g/mol. The van der Waals surface area contributed by atoms with E-state index in [0.717, 1.165) is 53.9 Å². The van der Waals surface area contributed by atoms with Gasteiger partial charge in [-0.15, -0.1) is 0 Å². The van der Waals surface area contributed by atoms with Gasteiger partial charge in [-0.05, 0) is 60.7 Å². The predicted molar refractivity (Wildman–Crippen MR) is 133 cm³/mol. The van der Waals surface area contributed by atoms with E-state index in [1.54, 1.807) is 6.20 Å². The lowest BCUT2D eigenvalue weighted by atomic mass is 9.96. The second-order valence-corrected chi connectivity index (χ2v) is 8.98. The van der Waals surface area contributed by atoms with E-state index >= 15 is 0 Å². The summed E-state index contributed by atoms with van der Waals surface area (Å²) >= 11 is 0. The number of carboxylic acids is 1. The van der Waals surface area contributed by atoms with E-state index in [9.17, 15) is 9.90 Å². The first kappa shape index (κ1) is 22.1. The Bertz CT molecular complexity index is 1280. The van der Waals surface area contributed by atoms with Crippen molar-refractivity contribution in [3.8, 4) is 33.9 Å². The fraction of sp³-hybridized carbons (Fsp3) is 0.241. The minimum Gasteiger partial charge on any atom is -0.481 e. The molecule has 5 heteroatoms. The van der Waals surface area contributed by atoms with Crippen LogP contribution in [-0.4, -0.2) is 34.0 Å². The summed E-state index contributed by atoms with van der Waals surface area (Å²) in [5.74, 6) is 0.393. The van der Waals surface area contributed by atoms with Crippen LogP contribution in [0.4, 0.5) is 0 Å². The van der Waals surface area contributed by atoms with Gasteiger partial charge in [0, 0.05) is 24.2 Å². The van der Waals surface area contributed by atoms with Gasteiger partial charge in [-0.1, -0.05) is 60.7 Å². The summed E-state index contributed by atoms with van der Waals surface area (Å²) in [5, 5.41) is 9.32. The van der Waals surface area contributed by atoms with Crippen LogP contribution in [0, 0.1) is 12.8 Å². The van der Waals surface area contributed by atoms with Gasteiger partial charge in [-0.25, -0.2) is 4.98 Å². The third-order valence-corrected chi connectivity index (χ3v) is 6.65. The Labute approximate surface area is 199 Å². The molecule has 4 aromatic rings. The van der Waals surface area contributed by atoms with Crippen molar-refractivity contribution >= 4 is 5.97 Å². The fourth-order valence-corrected chi connectivity index (χ4v) is 4.78. The van der Waals surface area contributed by atoms with Crippen LogP contribution in [0.5, 0.6) is 0 Å². The maximum Gasteiger partial charge on any atom is 0.307 e. The highest BCUT2D eigenvalue weighted by atomic mass is 16.4. The number of hydrogen-bond acceptors (Lipinski definition) is 4. The summed E-state index contributed by atoms with van der Waals surface area (Å²) < 4.78 is 6.17. The topological polar surface area (TPSA) is 66.6 Å². The van der Waals surface area contributed by atoms with Gasteiger partial charge >= 0.3 is 5.97 Å². The molecular weight excluding hydrogens is 424 g/mol. The zero-order valence-electron chi connectivity index (χ0n) is 19.3. The lowest BCUT2D eigenvalue weighted by molar-refractivity contribution is -0.143. The van der Waals surface area contributed by atoms with Crippen molar-refractivity contribution in [2.75, 3.05) is 13.1 Å². The lowest BCUT2D eigenvalue weighted by Gasteiger charge is -2.30. The number of likely N-dealkylation sites (tertiary alicyclic amines) is 1. The van der Waals surface area contributed by atoms with Gasteiger partial charge in [0.25, 0.3) is 0 Å². The Morgan fingerprint density at radius 1 is 1.00 bits per heavy atom. The molecule has 3 aromatic carbocycles. The standard InChI is InChI=1S/C29H28N2O3/c1-20-25(22-7-3-2-4-8-22)10-5-11-26(20)27-17-30-28(34-27)23-14-12-21(13-15-23)18-31-16-6-9-24(19-31)29(32)33/h2-5,7-8,10-15,17,24H,6,9,16,18-19H2,1H3,(H,32,33)/t24-/m1/s1. The molecule has 1 aliphatic heterocycles. The van der Waals surface area contributed by atoms with Gasteiger partial charge in [0.1, 0.15) is 0 Å². The third kappa shape index (κ3) is 4.66. The number of carboxylic acid groups (broad SMARTS) is 1. The Balaban J connectivity index is 1.32. The van der Waals surface area contributed by atoms with Crippen LogP contribution in [0.2, 0.25) is 0 Å². The second kappa shape index (κ2) is 9.65. The molecule has 2 heterocycles. The highest BCUT2D eigenvalue weighted by Gasteiger charge is 2.25. The summed E-state index contributed by atoms with van der Waals surface area (Å²) in [6.45, 7) is 4.42. The van der Waals surface area contributed by atoms with Crippen molar-refractivity contribution in [2.24, 2.45) is 5.92 Å². The maximum atomic E-state index is 11.3. The normalized spacial score (nSPS) is 16.4. The molecule has 1 fully saturated rings. The monoisotopic (exact) mass is 452 g/mol. The number of carbonyl (C=O) groups is 1. The van der Waals surface area contributed by atoms with Crippen molar-refractivity contribution in [1.82, 2.24) is 9.88 Å². The number of rotatable bonds is 6. The van der Waals surface area contributed by atoms with E-state index in [1.807, 2.05) is 30.3 Å². The molecule has 1 saturated heterocycles. The highest BCUT2D eigenvalue weighted by Crippen LogP contribution is 2.33. The van der Waals surface area contributed by atoms with Crippen LogP contribution in [-0.2, 0) is 11.3 Å². The maximum absolute atomic E-state index is 11.3. The van der Waals surface area contributed by atoms with Crippen LogP contribution >= 0.6 is 0 Å². The number of nitrogens with zero attached hydrogens (tertiary/aromatic N) is 2. The van der Waals surface area contributed by atoms with Crippen molar-refractivity contribution in [3.05, 3.63) is 90.1 Å². The third-order valence-electron chi connectivity index (χ3n) is 6.65. The number of benzene rings is 3. The molecule has 0 radical (unpaired) electrons. The minimum absolute atomic E-state index is 0.261. The highest BCUT2D eigenvalue weighted by molar-refractivity contribution is 5.76. The minimum atomic E-state index is -0.690. The second-order valence-electron chi connectivity index (χ2n) is 8.98. The first-order valence-corrected chi connectivity index (χ1v) is 11.7. The molecular formula is C29H28N2O3. The summed E-state index contributed by atoms with van der Waals surface area (Å²) in [6.07, 6.45) is 3.49. The Morgan fingerprint density at radius 2 is 1.76 bits per heavy atom. The zero-order valence-corrected chi connectivity index (χ0v) is 19.3. The van der Waals surface area contributed by atoms with Crippen LogP contribution < -0.4 is 0 Å². The summed E-state index contributed by atoms with van der Waals surface area (Å²) in [4.78, 5) is 18.1. The molecule has 0 bridgehead atoms. The van der Waals surface area contributed by atoms with E-state index in [1.165, 1.54) is 11.1 Å². The molecule has 0 saturated carbocycles. The Morgan fingerprint density at radius 3 is 2.53 bits per heavy atom. The summed E-state index contributed by atoms with van der Waals surface area (Å²) in [7, 11) is 0. The van der Waals surface area contributed by atoms with E-state index in [0.29, 0.717) is 12.4 Å². The van der Waals surface area contributed by atoms with Crippen molar-refractivity contribution < 1.29 is 14.3 Å². The molecule has 34 heavy (non-hydrogen) atoms. The number of piperidine rings is 1. The molecule has 1 N–H and O–H groups in total. The quantitative estimate of drug-likeness (QED) is 0.373. The van der Waals surface area contributed by atoms with Crippen molar-refractivity contribution in [2.45, 2.75) is 26.3 Å². The Kier molecular flexibility index (Phi) is 6.28. The molecule has 0 aliphatic carbocycles. The SMILES string of the molecule is Cc1c(-c2ccccc2)cccc1-c1cnc(-c2ccc(CN3CCC[C@@H](C(=O)O)C3)cc2)o1. The predicted octanol–water partition coefficient (Wildman–Crippen LogP) is 6.28. The largest absolute Gasteiger partial charge is 0.481 e. The Hall–Kier alpha value is -3.70. The summed E-state index contributed by atoms with van der Waals surface area (Å²) in [6, 6.07) is 24.8. The van der Waals surface area contributed by atoms with Gasteiger partial charge in [0.2, 0.25) is 5.89 Å². The van der Waals surface area contributed by atoms with Gasteiger partial charge in [0.05, 0.1) is 12.1 Å². The van der Waals surface area contributed by atoms with Crippen LogP contribution in [0.25, 0.3) is 33.9 Å². The molecule has 172 valence electrons. The van der Waals surface area contributed by atoms with Gasteiger partial charge in [-0.2, -0.15) is 0 Å². The van der Waals surface area contributed by atoms with E-state index in [-0.39, 0.29) is 5.92 Å². The molecule has 1 aliphatic rings. The van der Waals surface area contributed by atoms with Crippen LogP contribution in [0.15, 0.2) is 83.4 Å². The lowest BCUT2D eigenvalue weighted by Crippen LogP contribution is -2.38. The first-order valence-electron chi connectivity index (χ1n) is 11.7. The smallest absolute Gasteiger partial charge is 0.307 e. The molecule has 0 amide bonds. The van der Waals surface area contributed by atoms with Gasteiger partial charge < -0.3 is 9.52 Å². The first-order chi connectivity index (χ1) is 16.6. The van der Waals surface area contributed by atoms with E-state index < -0.39 is 5.97 Å². The summed E-state index contributed by atoms with van der Waals surface area (Å²) in [5.41, 5.74) is 6.65. The van der Waals surface area contributed by atoms with Gasteiger partial charge in [0.15, 0.2) is 5.76 Å². The molecule has 0 spiro atoms. The number of aliphatic carboxylic acids is 1. The molecule has 5 nitrogen and oxygen atoms in total. The fourth-order valence-electron chi connectivity index (χ4n) is 4.78. The van der Waals surface area contributed by atoms with Crippen LogP contribution in [0.1, 0.15) is 24.0 Å². The number of aromatic nitrogens is 1. The van der Waals surface area contributed by atoms with E-state index in [2.05, 4.69) is 59.3 Å². The zero-order chi connectivity index (χ0) is 23.5. The van der Waals surface area contributed by atoms with E-state index in [4.69, 9.17) is 4.42 Å². The van der Waals surface area contributed by atoms with Gasteiger partial charge in [-0.3, -0.25) is 9.69 Å².